The Bertz CT molecular complexity index is 689. The maximum Gasteiger partial charge on any atom is 0.244 e. The molecule has 1 amide bonds. The summed E-state index contributed by atoms with van der Waals surface area (Å²) in [5.41, 5.74) is 0.788. The SMILES string of the molecule is CCN(CCCNC(=O)C=Cc1cc(Br)ccc1OC)S(C)(=O)=O. The van der Waals surface area contributed by atoms with Crippen molar-refractivity contribution >= 4 is 37.9 Å². The fourth-order valence-corrected chi connectivity index (χ4v) is 3.39. The van der Waals surface area contributed by atoms with Gasteiger partial charge in [-0.3, -0.25) is 4.79 Å². The molecule has 8 heteroatoms. The number of hydrogen-bond acceptors (Lipinski definition) is 4. The Morgan fingerprint density at radius 1 is 1.42 bits per heavy atom. The summed E-state index contributed by atoms with van der Waals surface area (Å²) in [6.45, 7) is 3.01. The Morgan fingerprint density at radius 3 is 2.71 bits per heavy atom. The zero-order valence-electron chi connectivity index (χ0n) is 14.1. The predicted molar refractivity (Wildman–Crippen MR) is 99.4 cm³/mol. The van der Waals surface area contributed by atoms with Crippen LogP contribution in [-0.4, -0.2) is 51.6 Å². The molecule has 24 heavy (non-hydrogen) atoms. The number of nitrogens with zero attached hydrogens (tertiary/aromatic N) is 1. The van der Waals surface area contributed by atoms with E-state index in [2.05, 4.69) is 21.2 Å². The van der Waals surface area contributed by atoms with Gasteiger partial charge in [-0.25, -0.2) is 12.7 Å². The highest BCUT2D eigenvalue weighted by atomic mass is 79.9. The third-order valence-corrected chi connectivity index (χ3v) is 5.18. The van der Waals surface area contributed by atoms with Crippen molar-refractivity contribution in [1.82, 2.24) is 9.62 Å². The normalized spacial score (nSPS) is 11.9. The summed E-state index contributed by atoms with van der Waals surface area (Å²) in [7, 11) is -1.61. The fourth-order valence-electron chi connectivity index (χ4n) is 2.09. The van der Waals surface area contributed by atoms with Crippen LogP contribution in [0.1, 0.15) is 18.9 Å². The molecule has 1 rings (SSSR count). The van der Waals surface area contributed by atoms with Crippen molar-refractivity contribution in [1.29, 1.82) is 0 Å². The average molecular weight is 419 g/mol. The molecule has 134 valence electrons. The van der Waals surface area contributed by atoms with E-state index >= 15 is 0 Å². The van der Waals surface area contributed by atoms with E-state index in [0.717, 1.165) is 10.0 Å². The lowest BCUT2D eigenvalue weighted by molar-refractivity contribution is -0.116. The summed E-state index contributed by atoms with van der Waals surface area (Å²) in [5.74, 6) is 0.438. The van der Waals surface area contributed by atoms with E-state index < -0.39 is 10.0 Å². The van der Waals surface area contributed by atoms with E-state index in [-0.39, 0.29) is 5.91 Å². The van der Waals surface area contributed by atoms with Gasteiger partial charge < -0.3 is 10.1 Å². The standard InChI is InChI=1S/C16H23BrN2O4S/c1-4-19(24(3,21)22)11-5-10-18-16(20)9-6-13-12-14(17)7-8-15(13)23-2/h6-9,12H,4-5,10-11H2,1-3H3,(H,18,20). The van der Waals surface area contributed by atoms with E-state index in [9.17, 15) is 13.2 Å². The number of amides is 1. The fraction of sp³-hybridized carbons (Fsp3) is 0.438. The van der Waals surface area contributed by atoms with Gasteiger partial charge in [-0.15, -0.1) is 0 Å². The van der Waals surface area contributed by atoms with Crippen LogP contribution in [0.5, 0.6) is 5.75 Å². The Hall–Kier alpha value is -1.38. The van der Waals surface area contributed by atoms with Crippen molar-refractivity contribution in [2.75, 3.05) is 33.0 Å². The molecule has 0 heterocycles. The highest BCUT2D eigenvalue weighted by Gasteiger charge is 2.13. The molecule has 0 bridgehead atoms. The van der Waals surface area contributed by atoms with Crippen molar-refractivity contribution in [2.24, 2.45) is 0 Å². The van der Waals surface area contributed by atoms with E-state index in [1.165, 1.54) is 16.6 Å². The molecule has 0 saturated heterocycles. The van der Waals surface area contributed by atoms with Crippen LogP contribution in [0.3, 0.4) is 0 Å². The van der Waals surface area contributed by atoms with Gasteiger partial charge in [-0.1, -0.05) is 22.9 Å². The molecule has 0 aromatic heterocycles. The number of carbonyl (C=O) groups excluding carboxylic acids is 1. The monoisotopic (exact) mass is 418 g/mol. The van der Waals surface area contributed by atoms with Crippen LogP contribution in [0.25, 0.3) is 6.08 Å². The third kappa shape index (κ3) is 7.02. The number of sulfonamides is 1. The van der Waals surface area contributed by atoms with Crippen LogP contribution >= 0.6 is 15.9 Å². The molecule has 0 aliphatic rings. The number of methoxy groups -OCH3 is 1. The molecule has 0 atom stereocenters. The minimum Gasteiger partial charge on any atom is -0.496 e. The average Bonchev–Trinajstić information content (AvgIpc) is 2.51. The molecule has 1 aromatic carbocycles. The van der Waals surface area contributed by atoms with Crippen molar-refractivity contribution in [2.45, 2.75) is 13.3 Å². The Morgan fingerprint density at radius 2 is 2.12 bits per heavy atom. The van der Waals surface area contributed by atoms with Crippen LogP contribution in [0, 0.1) is 0 Å². The molecular formula is C16H23BrN2O4S. The summed E-state index contributed by atoms with van der Waals surface area (Å²) < 4.78 is 30.4. The van der Waals surface area contributed by atoms with Gasteiger partial charge >= 0.3 is 0 Å². The van der Waals surface area contributed by atoms with Crippen LogP contribution < -0.4 is 10.1 Å². The van der Waals surface area contributed by atoms with Crippen molar-refractivity contribution in [3.8, 4) is 5.75 Å². The molecule has 6 nitrogen and oxygen atoms in total. The Labute approximate surface area is 152 Å². The third-order valence-electron chi connectivity index (χ3n) is 3.31. The number of halogens is 1. The lowest BCUT2D eigenvalue weighted by atomic mass is 10.2. The maximum absolute atomic E-state index is 11.8. The molecule has 0 aliphatic carbocycles. The number of hydrogen-bond donors (Lipinski definition) is 1. The van der Waals surface area contributed by atoms with E-state index in [1.807, 2.05) is 18.2 Å². The topological polar surface area (TPSA) is 75.7 Å². The second kappa shape index (κ2) is 9.80. The summed E-state index contributed by atoms with van der Waals surface area (Å²) in [5, 5.41) is 2.74. The number of nitrogens with one attached hydrogen (secondary N) is 1. The van der Waals surface area contributed by atoms with Gasteiger partial charge in [0.25, 0.3) is 0 Å². The highest BCUT2D eigenvalue weighted by molar-refractivity contribution is 9.10. The van der Waals surface area contributed by atoms with Crippen LogP contribution in [0.15, 0.2) is 28.7 Å². The Balaban J connectivity index is 2.48. The van der Waals surface area contributed by atoms with Crippen LogP contribution in [-0.2, 0) is 14.8 Å². The van der Waals surface area contributed by atoms with Gasteiger partial charge in [0.2, 0.25) is 15.9 Å². The molecular weight excluding hydrogens is 396 g/mol. The predicted octanol–water partition coefficient (Wildman–Crippen LogP) is 2.26. The molecule has 0 radical (unpaired) electrons. The maximum atomic E-state index is 11.8. The van der Waals surface area contributed by atoms with E-state index in [1.54, 1.807) is 20.1 Å². The van der Waals surface area contributed by atoms with Crippen molar-refractivity contribution in [3.63, 3.8) is 0 Å². The second-order valence-electron chi connectivity index (χ2n) is 5.12. The highest BCUT2D eigenvalue weighted by Crippen LogP contribution is 2.23. The van der Waals surface area contributed by atoms with Crippen molar-refractivity contribution in [3.05, 3.63) is 34.3 Å². The first-order valence-corrected chi connectivity index (χ1v) is 10.2. The summed E-state index contributed by atoms with van der Waals surface area (Å²) in [4.78, 5) is 11.8. The zero-order chi connectivity index (χ0) is 18.2. The van der Waals surface area contributed by atoms with Crippen LogP contribution in [0.4, 0.5) is 0 Å². The van der Waals surface area contributed by atoms with Gasteiger partial charge in [-0.05, 0) is 30.7 Å². The minimum absolute atomic E-state index is 0.237. The molecule has 0 spiro atoms. The molecule has 0 unspecified atom stereocenters. The summed E-state index contributed by atoms with van der Waals surface area (Å²) in [6, 6.07) is 5.53. The first kappa shape index (κ1) is 20.7. The summed E-state index contributed by atoms with van der Waals surface area (Å²) in [6.07, 6.45) is 4.84. The van der Waals surface area contributed by atoms with Gasteiger partial charge in [0.05, 0.1) is 13.4 Å². The molecule has 0 aliphatic heterocycles. The van der Waals surface area contributed by atoms with E-state index in [0.29, 0.717) is 31.8 Å². The largest absolute Gasteiger partial charge is 0.496 e. The zero-order valence-corrected chi connectivity index (χ0v) is 16.5. The lowest BCUT2D eigenvalue weighted by Crippen LogP contribution is -2.33. The van der Waals surface area contributed by atoms with Gasteiger partial charge in [0.1, 0.15) is 5.75 Å². The number of carbonyl (C=O) groups is 1. The Kier molecular flexibility index (Phi) is 8.44. The quantitative estimate of drug-likeness (QED) is 0.492. The number of rotatable bonds is 9. The minimum atomic E-state index is -3.19. The lowest BCUT2D eigenvalue weighted by Gasteiger charge is -2.17. The first-order chi connectivity index (χ1) is 11.3. The first-order valence-electron chi connectivity index (χ1n) is 7.52. The van der Waals surface area contributed by atoms with Crippen LogP contribution in [0.2, 0.25) is 0 Å². The van der Waals surface area contributed by atoms with Gasteiger partial charge in [0.15, 0.2) is 0 Å². The molecule has 0 fully saturated rings. The van der Waals surface area contributed by atoms with Gasteiger partial charge in [-0.2, -0.15) is 0 Å². The second-order valence-corrected chi connectivity index (χ2v) is 8.02. The number of benzene rings is 1. The van der Waals surface area contributed by atoms with Crippen molar-refractivity contribution < 1.29 is 17.9 Å². The molecule has 0 saturated carbocycles. The smallest absolute Gasteiger partial charge is 0.244 e. The molecule has 1 N–H and O–H groups in total. The summed E-state index contributed by atoms with van der Waals surface area (Å²) >= 11 is 3.38. The van der Waals surface area contributed by atoms with E-state index in [4.69, 9.17) is 4.74 Å². The number of ether oxygens (including phenoxy) is 1. The van der Waals surface area contributed by atoms with Gasteiger partial charge in [0, 0.05) is 35.7 Å². The molecule has 1 aromatic rings.